The Morgan fingerprint density at radius 2 is 0.923 bits per heavy atom. The van der Waals surface area contributed by atoms with Crippen LogP contribution in [0.2, 0.25) is 0 Å². The van der Waals surface area contributed by atoms with Crippen LogP contribution in [0.3, 0.4) is 0 Å². The number of nitrogens with zero attached hydrogens (tertiary/aromatic N) is 1. The summed E-state index contributed by atoms with van der Waals surface area (Å²) in [6.45, 7) is 0. The lowest BCUT2D eigenvalue weighted by atomic mass is 9.75. The summed E-state index contributed by atoms with van der Waals surface area (Å²) in [5.74, 6) is -0.397. The Kier molecular flexibility index (Phi) is 7.99. The fourth-order valence-electron chi connectivity index (χ4n) is 4.92. The van der Waals surface area contributed by atoms with E-state index in [4.69, 9.17) is 0 Å². The predicted molar refractivity (Wildman–Crippen MR) is 160 cm³/mol. The molecule has 5 aromatic carbocycles. The third kappa shape index (κ3) is 5.27. The molecule has 0 heterocycles. The maximum absolute atomic E-state index is 14.7. The second-order valence-electron chi connectivity index (χ2n) is 9.05. The number of hydrogen-bond acceptors (Lipinski definition) is 2. The molecule has 192 valence electrons. The predicted octanol–water partition coefficient (Wildman–Crippen LogP) is 8.18. The molecule has 0 bridgehead atoms. The summed E-state index contributed by atoms with van der Waals surface area (Å²) in [7, 11) is 0. The summed E-state index contributed by atoms with van der Waals surface area (Å²) < 4.78 is 0. The second kappa shape index (κ2) is 11.9. The smallest absolute Gasteiger partial charge is 0.307 e. The van der Waals surface area contributed by atoms with E-state index in [9.17, 15) is 9.59 Å². The number of rotatable bonds is 7. The van der Waals surface area contributed by atoms with Gasteiger partial charge in [0.15, 0.2) is 0 Å². The van der Waals surface area contributed by atoms with E-state index in [0.717, 1.165) is 22.3 Å². The fourth-order valence-corrected chi connectivity index (χ4v) is 5.43. The first-order chi connectivity index (χ1) is 19.1. The lowest BCUT2D eigenvalue weighted by molar-refractivity contribution is -0.130. The van der Waals surface area contributed by atoms with Crippen molar-refractivity contribution in [2.75, 3.05) is 5.32 Å². The summed E-state index contributed by atoms with van der Waals surface area (Å²) >= 11 is 3.64. The lowest BCUT2D eigenvalue weighted by Gasteiger charge is -2.44. The van der Waals surface area contributed by atoms with E-state index >= 15 is 0 Å². The molecule has 1 unspecified atom stereocenters. The third-order valence-corrected chi connectivity index (χ3v) is 7.59. The van der Waals surface area contributed by atoms with Gasteiger partial charge in [-0.3, -0.25) is 4.79 Å². The molecule has 0 spiro atoms. The van der Waals surface area contributed by atoms with Gasteiger partial charge in [-0.05, 0) is 34.4 Å². The first-order valence-electron chi connectivity index (χ1n) is 12.7. The van der Waals surface area contributed by atoms with Gasteiger partial charge in [-0.2, -0.15) is 0 Å². The van der Waals surface area contributed by atoms with E-state index in [0.29, 0.717) is 5.69 Å². The minimum absolute atomic E-state index is 0.397. The molecule has 1 atom stereocenters. The van der Waals surface area contributed by atoms with Gasteiger partial charge in [-0.1, -0.05) is 155 Å². The highest BCUT2D eigenvalue weighted by atomic mass is 79.9. The van der Waals surface area contributed by atoms with Crippen molar-refractivity contribution in [1.82, 2.24) is 4.90 Å². The summed E-state index contributed by atoms with van der Waals surface area (Å²) in [5.41, 5.74) is 2.42. The van der Waals surface area contributed by atoms with Crippen LogP contribution < -0.4 is 5.32 Å². The van der Waals surface area contributed by atoms with E-state index in [1.54, 1.807) is 12.1 Å². The molecule has 39 heavy (non-hydrogen) atoms. The van der Waals surface area contributed by atoms with Gasteiger partial charge >= 0.3 is 6.03 Å². The van der Waals surface area contributed by atoms with Crippen molar-refractivity contribution in [3.05, 3.63) is 174 Å². The van der Waals surface area contributed by atoms with Gasteiger partial charge in [-0.15, -0.1) is 0 Å². The van der Waals surface area contributed by atoms with Crippen molar-refractivity contribution in [2.24, 2.45) is 0 Å². The molecule has 0 aromatic heterocycles. The van der Waals surface area contributed by atoms with Crippen LogP contribution in [0.25, 0.3) is 0 Å². The molecule has 0 saturated carbocycles. The molecule has 4 nitrogen and oxygen atoms in total. The SMILES string of the molecule is O=C(Nc1ccccc1)N(C(=O)C(Br)c1ccccc1)C(c1ccccc1)(c1ccccc1)c1ccccc1. The zero-order chi connectivity index (χ0) is 27.1. The molecule has 0 radical (unpaired) electrons. The molecule has 0 aliphatic carbocycles. The van der Waals surface area contributed by atoms with E-state index < -0.39 is 22.3 Å². The number of carbonyl (C=O) groups excluding carboxylic acids is 2. The third-order valence-electron chi connectivity index (χ3n) is 6.67. The van der Waals surface area contributed by atoms with Gasteiger partial charge < -0.3 is 5.32 Å². The number of hydrogen-bond donors (Lipinski definition) is 1. The number of anilines is 1. The van der Waals surface area contributed by atoms with Crippen LogP contribution in [0.1, 0.15) is 27.1 Å². The topological polar surface area (TPSA) is 49.4 Å². The van der Waals surface area contributed by atoms with Gasteiger partial charge in [0, 0.05) is 5.69 Å². The number of alkyl halides is 1. The molecule has 0 saturated heterocycles. The number of para-hydroxylation sites is 1. The van der Waals surface area contributed by atoms with Crippen molar-refractivity contribution >= 4 is 33.6 Å². The normalized spacial score (nSPS) is 11.8. The minimum Gasteiger partial charge on any atom is -0.307 e. The number of nitrogens with one attached hydrogen (secondary N) is 1. The van der Waals surface area contributed by atoms with Crippen molar-refractivity contribution in [2.45, 2.75) is 10.4 Å². The molecule has 5 heteroatoms. The summed E-state index contributed by atoms with van der Waals surface area (Å²) in [5, 5.41) is 2.99. The molecule has 5 rings (SSSR count). The van der Waals surface area contributed by atoms with Gasteiger partial charge in [-0.25, -0.2) is 9.69 Å². The molecular weight excluding hydrogens is 548 g/mol. The van der Waals surface area contributed by atoms with Crippen molar-refractivity contribution < 1.29 is 9.59 Å². The summed E-state index contributed by atoms with van der Waals surface area (Å²) in [6.07, 6.45) is 0. The summed E-state index contributed by atoms with van der Waals surface area (Å²) in [6, 6.07) is 47.2. The molecule has 0 aliphatic heterocycles. The van der Waals surface area contributed by atoms with Crippen molar-refractivity contribution in [3.8, 4) is 0 Å². The maximum atomic E-state index is 14.7. The lowest BCUT2D eigenvalue weighted by Crippen LogP contribution is -2.56. The molecular formula is C34H27BrN2O2. The van der Waals surface area contributed by atoms with Crippen LogP contribution in [0.5, 0.6) is 0 Å². The highest BCUT2D eigenvalue weighted by Crippen LogP contribution is 2.45. The Balaban J connectivity index is 1.80. The fraction of sp³-hybridized carbons (Fsp3) is 0.0588. The quantitative estimate of drug-likeness (QED) is 0.157. The van der Waals surface area contributed by atoms with Crippen LogP contribution in [-0.4, -0.2) is 16.8 Å². The average Bonchev–Trinajstić information content (AvgIpc) is 3.01. The van der Waals surface area contributed by atoms with Crippen LogP contribution in [-0.2, 0) is 10.3 Å². The standard InChI is InChI=1S/C34H27BrN2O2/c35-31(26-16-6-1-7-17-26)32(38)37(33(39)36-30-24-14-5-15-25-30)34(27-18-8-2-9-19-27,28-20-10-3-11-21-28)29-22-12-4-13-23-29/h1-25,31H,(H,36,39). The minimum atomic E-state index is -1.28. The first kappa shape index (κ1) is 26.1. The van der Waals surface area contributed by atoms with Crippen molar-refractivity contribution in [1.29, 1.82) is 0 Å². The van der Waals surface area contributed by atoms with Crippen LogP contribution >= 0.6 is 15.9 Å². The highest BCUT2D eigenvalue weighted by molar-refractivity contribution is 9.09. The summed E-state index contributed by atoms with van der Waals surface area (Å²) in [4.78, 5) is 29.7. The van der Waals surface area contributed by atoms with E-state index in [1.807, 2.05) is 140 Å². The maximum Gasteiger partial charge on any atom is 0.329 e. The Labute approximate surface area is 237 Å². The first-order valence-corrected chi connectivity index (χ1v) is 13.6. The van der Waals surface area contributed by atoms with Gasteiger partial charge in [0.25, 0.3) is 0 Å². The second-order valence-corrected chi connectivity index (χ2v) is 9.97. The average molecular weight is 576 g/mol. The number of imide groups is 1. The largest absolute Gasteiger partial charge is 0.329 e. The number of amides is 3. The van der Waals surface area contributed by atoms with E-state index in [1.165, 1.54) is 4.90 Å². The van der Waals surface area contributed by atoms with E-state index in [2.05, 4.69) is 21.2 Å². The van der Waals surface area contributed by atoms with Crippen LogP contribution in [0.15, 0.2) is 152 Å². The zero-order valence-electron chi connectivity index (χ0n) is 21.2. The van der Waals surface area contributed by atoms with Crippen LogP contribution in [0.4, 0.5) is 10.5 Å². The number of benzene rings is 5. The molecule has 5 aromatic rings. The number of carbonyl (C=O) groups is 2. The Morgan fingerprint density at radius 3 is 1.33 bits per heavy atom. The van der Waals surface area contributed by atoms with Gasteiger partial charge in [0.1, 0.15) is 10.4 Å². The molecule has 3 amide bonds. The Bertz CT molecular complexity index is 1420. The van der Waals surface area contributed by atoms with Gasteiger partial charge in [0.05, 0.1) is 0 Å². The molecule has 0 fully saturated rings. The monoisotopic (exact) mass is 574 g/mol. The van der Waals surface area contributed by atoms with Crippen LogP contribution in [0, 0.1) is 0 Å². The Morgan fingerprint density at radius 1 is 0.564 bits per heavy atom. The zero-order valence-corrected chi connectivity index (χ0v) is 22.7. The van der Waals surface area contributed by atoms with Crippen molar-refractivity contribution in [3.63, 3.8) is 0 Å². The number of halogens is 1. The van der Waals surface area contributed by atoms with Gasteiger partial charge in [0.2, 0.25) is 5.91 Å². The van der Waals surface area contributed by atoms with E-state index in [-0.39, 0.29) is 0 Å². The number of urea groups is 1. The molecule has 1 N–H and O–H groups in total. The highest BCUT2D eigenvalue weighted by Gasteiger charge is 2.49. The molecule has 0 aliphatic rings. The Hall–Kier alpha value is -4.48.